The van der Waals surface area contributed by atoms with Gasteiger partial charge < -0.3 is 43.5 Å². The summed E-state index contributed by atoms with van der Waals surface area (Å²) in [5.74, 6) is 7.61. The van der Waals surface area contributed by atoms with Gasteiger partial charge in [-0.05, 0) is 159 Å². The summed E-state index contributed by atoms with van der Waals surface area (Å²) < 4.78 is 12.5. The van der Waals surface area contributed by atoms with E-state index in [0.717, 1.165) is 55.1 Å². The summed E-state index contributed by atoms with van der Waals surface area (Å²) in [6.07, 6.45) is 23.4. The number of aromatic nitrogens is 14. The molecule has 0 aliphatic heterocycles. The molecule has 0 spiro atoms. The SMILES string of the molecule is C#C[Si](C)(C)C.C#Cc1cnc2ccc(-c3ccc(C(N)=O)cc3)nn12.CC(C)(C)OC(=O)Nc1cc(Br)ccn1.Clc1ccc2nccn2n1.NC(=O)c1ccc(-c2ccc3ncc(C#Cc4ccnc(N)c4)n3n2)cc1.NC(=O)c1ccc(-c2ccc3nccn3n2)cc1.NC(=O)c1ccc(B(O)O)cc1. The van der Waals surface area contributed by atoms with Gasteiger partial charge in [-0.25, -0.2) is 52.8 Å². The molecule has 13 N–H and O–H groups in total. The second-order valence-electron chi connectivity index (χ2n) is 24.5. The molecule has 0 aliphatic rings. The van der Waals surface area contributed by atoms with Crippen LogP contribution in [0.1, 0.15) is 79.2 Å². The van der Waals surface area contributed by atoms with Gasteiger partial charge in [-0.1, -0.05) is 102 Å². The van der Waals surface area contributed by atoms with E-state index in [9.17, 15) is 24.0 Å². The number of primary amides is 4. The van der Waals surface area contributed by atoms with Crippen molar-refractivity contribution in [1.29, 1.82) is 0 Å². The highest BCUT2D eigenvalue weighted by Gasteiger charge is 2.17. The Hall–Kier alpha value is -13.7. The monoisotopic (exact) mass is 1540 g/mol. The van der Waals surface area contributed by atoms with Crippen molar-refractivity contribution in [1.82, 2.24) is 68.4 Å². The minimum atomic E-state index is -1.51. The van der Waals surface area contributed by atoms with E-state index in [1.165, 1.54) is 24.3 Å². The number of rotatable bonds is 9. The Bertz CT molecular complexity index is 5660. The molecule has 0 bridgehead atoms. The number of nitrogens with zero attached hydrogens (tertiary/aromatic N) is 14. The van der Waals surface area contributed by atoms with Crippen LogP contribution >= 0.6 is 27.5 Å². The van der Waals surface area contributed by atoms with Crippen molar-refractivity contribution >= 4 is 112 Å². The van der Waals surface area contributed by atoms with E-state index in [-0.39, 0.29) is 0 Å². The number of terminal acetylenes is 2. The van der Waals surface area contributed by atoms with E-state index < -0.39 is 50.5 Å². The maximum Gasteiger partial charge on any atom is 0.488 e. The molecule has 0 aliphatic carbocycles. The van der Waals surface area contributed by atoms with Crippen LogP contribution in [0.3, 0.4) is 0 Å². The van der Waals surface area contributed by atoms with Gasteiger partial charge in [0.1, 0.15) is 41.9 Å². The first-order valence-corrected chi connectivity index (χ1v) is 36.8. The van der Waals surface area contributed by atoms with Gasteiger partial charge in [0, 0.05) is 86.2 Å². The lowest BCUT2D eigenvalue weighted by Crippen LogP contribution is -2.29. The number of anilines is 2. The van der Waals surface area contributed by atoms with Crippen LogP contribution in [0.4, 0.5) is 16.4 Å². The van der Waals surface area contributed by atoms with Crippen molar-refractivity contribution < 1.29 is 38.8 Å². The minimum Gasteiger partial charge on any atom is -0.444 e. The lowest BCUT2D eigenvalue weighted by atomic mass is 9.80. The number of imidazole rings is 4. The van der Waals surface area contributed by atoms with E-state index in [4.69, 9.17) is 67.9 Å². The van der Waals surface area contributed by atoms with Gasteiger partial charge in [0.2, 0.25) is 23.6 Å². The number of nitrogens with two attached hydrogens (primary N) is 5. The summed E-state index contributed by atoms with van der Waals surface area (Å²) >= 11 is 8.90. The third kappa shape index (κ3) is 23.9. The summed E-state index contributed by atoms with van der Waals surface area (Å²) in [5, 5.41) is 37.8. The van der Waals surface area contributed by atoms with Gasteiger partial charge in [0.25, 0.3) is 0 Å². The lowest BCUT2D eigenvalue weighted by molar-refractivity contribution is 0.0634. The number of carbonyl (C=O) groups excluding carboxylic acids is 5. The Kier molecular flexibility index (Phi) is 27.5. The summed E-state index contributed by atoms with van der Waals surface area (Å²) in [6.45, 7) is 11.9. The predicted octanol–water partition coefficient (Wildman–Crippen LogP) is 9.38. The van der Waals surface area contributed by atoms with Crippen molar-refractivity contribution in [2.45, 2.75) is 46.0 Å². The first kappa shape index (κ1) is 80.0. The number of halogens is 2. The van der Waals surface area contributed by atoms with Crippen LogP contribution in [0, 0.1) is 36.2 Å². The van der Waals surface area contributed by atoms with Crippen molar-refractivity contribution in [2.24, 2.45) is 22.9 Å². The van der Waals surface area contributed by atoms with Crippen LogP contribution < -0.4 is 39.4 Å². The quantitative estimate of drug-likeness (QED) is 0.0492. The largest absolute Gasteiger partial charge is 0.488 e. The fraction of sp³-hybridized carbons (Fsp3) is 0.0921. The molecule has 10 heterocycles. The zero-order valence-electron chi connectivity index (χ0n) is 58.8. The second-order valence-corrected chi connectivity index (χ2v) is 30.6. The molecule has 28 nitrogen and oxygen atoms in total. The van der Waals surface area contributed by atoms with Crippen LogP contribution in [0.15, 0.2) is 224 Å². The summed E-state index contributed by atoms with van der Waals surface area (Å²) in [6, 6.07) is 48.3. The number of hydrogen-bond donors (Lipinski definition) is 8. The first-order chi connectivity index (χ1) is 51.4. The third-order valence-corrected chi connectivity index (χ3v) is 15.7. The average Bonchev–Trinajstić information content (AvgIpc) is 1.63. The maximum atomic E-state index is 11.4. The highest BCUT2D eigenvalue weighted by atomic mass is 79.9. The molecule has 108 heavy (non-hydrogen) atoms. The van der Waals surface area contributed by atoms with Gasteiger partial charge in [0.15, 0.2) is 22.6 Å². The van der Waals surface area contributed by atoms with Crippen molar-refractivity contribution in [2.75, 3.05) is 11.1 Å². The Morgan fingerprint density at radius 1 is 0.528 bits per heavy atom. The molecule has 5 amide bonds. The molecule has 4 aromatic carbocycles. The molecule has 14 aromatic rings. The number of benzene rings is 4. The third-order valence-electron chi connectivity index (χ3n) is 14.1. The summed E-state index contributed by atoms with van der Waals surface area (Å²) in [5.41, 5.74) is 40.6. The van der Waals surface area contributed by atoms with Crippen molar-refractivity contribution in [3.8, 4) is 69.9 Å². The molecule has 0 saturated carbocycles. The maximum absolute atomic E-state index is 11.4. The van der Waals surface area contributed by atoms with Gasteiger partial charge in [-0.3, -0.25) is 24.5 Å². The van der Waals surface area contributed by atoms with Gasteiger partial charge in [-0.2, -0.15) is 20.4 Å². The number of ether oxygens (including phenoxy) is 1. The molecule has 32 heteroatoms. The molecule has 0 unspecified atom stereocenters. The molecule has 542 valence electrons. The fourth-order valence-electron chi connectivity index (χ4n) is 8.78. The second kappa shape index (κ2) is 37.1. The number of nitrogens with one attached hydrogen (secondary N) is 1. The number of hydrogen-bond acceptors (Lipinski definition) is 19. The van der Waals surface area contributed by atoms with Crippen molar-refractivity contribution in [3.63, 3.8) is 0 Å². The molecule has 0 saturated heterocycles. The van der Waals surface area contributed by atoms with Gasteiger partial charge in [-0.15, -0.1) is 18.4 Å². The Morgan fingerprint density at radius 3 is 1.39 bits per heavy atom. The highest BCUT2D eigenvalue weighted by molar-refractivity contribution is 9.10. The van der Waals surface area contributed by atoms with E-state index in [1.54, 1.807) is 179 Å². The molecule has 14 rings (SSSR count). The molecular formula is C76H69BBrClN20O8Si. The number of nitrogen functional groups attached to an aromatic ring is 1. The fourth-order valence-corrected chi connectivity index (χ4v) is 9.26. The zero-order valence-corrected chi connectivity index (χ0v) is 62.1. The van der Waals surface area contributed by atoms with E-state index in [2.05, 4.69) is 114 Å². The Labute approximate surface area is 633 Å². The molecule has 0 radical (unpaired) electrons. The first-order valence-electron chi connectivity index (χ1n) is 32.1. The van der Waals surface area contributed by atoms with E-state index in [0.29, 0.717) is 67.2 Å². The number of carbonyl (C=O) groups is 5. The molecule has 0 atom stereocenters. The number of pyridine rings is 2. The topological polar surface area (TPSA) is 424 Å². The van der Waals surface area contributed by atoms with E-state index in [1.807, 2.05) is 54.6 Å². The van der Waals surface area contributed by atoms with Gasteiger partial charge in [0.05, 0.1) is 29.5 Å². The molecular weight excluding hydrogens is 1480 g/mol. The Morgan fingerprint density at radius 2 is 0.954 bits per heavy atom. The zero-order chi connectivity index (χ0) is 78.2. The highest BCUT2D eigenvalue weighted by Crippen LogP contribution is 2.22. The van der Waals surface area contributed by atoms with Crippen molar-refractivity contribution in [3.05, 3.63) is 268 Å². The van der Waals surface area contributed by atoms with Gasteiger partial charge >= 0.3 is 13.2 Å². The van der Waals surface area contributed by atoms with Crippen LogP contribution in [0.25, 0.3) is 56.4 Å². The summed E-state index contributed by atoms with van der Waals surface area (Å²) in [4.78, 5) is 79.7. The molecule has 10 aromatic heterocycles. The standard InChI is InChI=1S/C20H14N6O.C15H10N4O.C13H10N4O.C10H13BrN2O2.C7H8BNO3.C6H4ClN3.C5H10Si/c21-18-11-13(9-10-23-18)1-6-16-12-24-19-8-7-17(25-26(16)19)14-2-4-15(5-3-14)20(22)27;1-2-12-9-17-14-8-7-13(18-19(12)14)10-3-5-11(6-4-10)15(16)20;14-13(18)10-3-1-9(2-4-10)11-5-6-12-15-7-8-17(12)16-11;1-10(2,3)15-9(14)13-8-6-7(11)4-5-12-8;9-7(10)5-1-3-6(4-2-5)8(11)12;7-5-1-2-6-8-3-4-10(6)9-5;1-5-6(2,3)4/h2-5,7-12H,(H2,21,23)(H2,22,27);1,3-9H,(H2,16,20);1-8H,(H2,14,18);4-6H,1-3H3,(H,12,13,14);1-4,11-12H,(H2,9,10);1-4H;1H,2-4H3. The number of amides is 5. The predicted molar refractivity (Wildman–Crippen MR) is 420 cm³/mol. The number of fused-ring (bicyclic) bond motifs is 4. The van der Waals surface area contributed by atoms with E-state index >= 15 is 0 Å². The van der Waals surface area contributed by atoms with Crippen LogP contribution in [0.5, 0.6) is 0 Å². The average molecular weight is 1540 g/mol. The van der Waals surface area contributed by atoms with Crippen LogP contribution in [-0.4, -0.2) is 129 Å². The molecule has 0 fully saturated rings. The smallest absolute Gasteiger partial charge is 0.444 e. The van der Waals surface area contributed by atoms with Crippen LogP contribution in [-0.2, 0) is 4.74 Å². The summed E-state index contributed by atoms with van der Waals surface area (Å²) in [7, 11) is -2.61. The minimum absolute atomic E-state index is 0.333. The normalized spacial score (nSPS) is 10.4. The lowest BCUT2D eigenvalue weighted by Gasteiger charge is -2.19. The Balaban J connectivity index is 0.000000165. The van der Waals surface area contributed by atoms with Crippen LogP contribution in [0.2, 0.25) is 24.8 Å².